The highest BCUT2D eigenvalue weighted by Gasteiger charge is 2.38. The topological polar surface area (TPSA) is 64.7 Å². The monoisotopic (exact) mass is 419 g/mol. The molecule has 1 aliphatic carbocycles. The molecular weight excluding hydrogens is 403 g/mol. The first-order chi connectivity index (χ1) is 11.8. The first kappa shape index (κ1) is 18.0. The minimum atomic E-state index is -4.51. The Balaban J connectivity index is 1.68. The SMILES string of the molecule is CCn1ncc(Br)c1CNC(=O)Cn1nc(C(F)(F)F)cc1C1CC1. The molecule has 0 saturated heterocycles. The Morgan fingerprint density at radius 3 is 2.72 bits per heavy atom. The standard InChI is InChI=1S/C15H17BrF3N5O/c1-2-23-12(10(16)6-21-23)7-20-14(25)8-24-11(9-3-4-9)5-13(22-24)15(17,18)19/h5-6,9H,2-4,7-8H2,1H3,(H,20,25). The highest BCUT2D eigenvalue weighted by atomic mass is 79.9. The Morgan fingerprint density at radius 2 is 2.12 bits per heavy atom. The molecule has 2 aromatic rings. The molecule has 0 spiro atoms. The number of hydrogen-bond acceptors (Lipinski definition) is 3. The molecule has 1 N–H and O–H groups in total. The second-order valence-electron chi connectivity index (χ2n) is 5.92. The van der Waals surface area contributed by atoms with Crippen molar-refractivity contribution in [3.63, 3.8) is 0 Å². The van der Waals surface area contributed by atoms with Gasteiger partial charge in [-0.2, -0.15) is 23.4 Å². The van der Waals surface area contributed by atoms with Crippen LogP contribution in [0.4, 0.5) is 13.2 Å². The van der Waals surface area contributed by atoms with Crippen LogP contribution in [0.2, 0.25) is 0 Å². The van der Waals surface area contributed by atoms with Crippen LogP contribution in [0.15, 0.2) is 16.7 Å². The molecular formula is C15H17BrF3N5O. The van der Waals surface area contributed by atoms with Crippen molar-refractivity contribution >= 4 is 21.8 Å². The summed E-state index contributed by atoms with van der Waals surface area (Å²) < 4.78 is 42.3. The van der Waals surface area contributed by atoms with Crippen LogP contribution in [0.3, 0.4) is 0 Å². The van der Waals surface area contributed by atoms with Gasteiger partial charge >= 0.3 is 6.18 Å². The number of amides is 1. The van der Waals surface area contributed by atoms with Crippen LogP contribution in [0.5, 0.6) is 0 Å². The van der Waals surface area contributed by atoms with Crippen molar-refractivity contribution < 1.29 is 18.0 Å². The third-order valence-electron chi connectivity index (χ3n) is 4.04. The lowest BCUT2D eigenvalue weighted by atomic mass is 10.2. The zero-order chi connectivity index (χ0) is 18.2. The molecule has 0 radical (unpaired) electrons. The van der Waals surface area contributed by atoms with Crippen molar-refractivity contribution in [3.8, 4) is 0 Å². The fourth-order valence-corrected chi connectivity index (χ4v) is 3.05. The van der Waals surface area contributed by atoms with Crippen molar-refractivity contribution in [2.75, 3.05) is 0 Å². The molecule has 0 unspecified atom stereocenters. The minimum Gasteiger partial charge on any atom is -0.349 e. The number of nitrogens with one attached hydrogen (secondary N) is 1. The summed E-state index contributed by atoms with van der Waals surface area (Å²) in [5.74, 6) is -0.332. The number of hydrogen-bond donors (Lipinski definition) is 1. The molecule has 1 fully saturated rings. The summed E-state index contributed by atoms with van der Waals surface area (Å²) in [5.41, 5.74) is 0.325. The van der Waals surface area contributed by atoms with Crippen LogP contribution < -0.4 is 5.32 Å². The lowest BCUT2D eigenvalue weighted by Crippen LogP contribution is -2.29. The molecule has 1 amide bonds. The summed E-state index contributed by atoms with van der Waals surface area (Å²) in [6.45, 7) is 2.57. The average Bonchev–Trinajstić information content (AvgIpc) is 3.19. The van der Waals surface area contributed by atoms with E-state index in [1.807, 2.05) is 6.92 Å². The van der Waals surface area contributed by atoms with Gasteiger partial charge in [0.05, 0.1) is 22.9 Å². The van der Waals surface area contributed by atoms with E-state index in [0.717, 1.165) is 29.1 Å². The number of aromatic nitrogens is 4. The van der Waals surface area contributed by atoms with Gasteiger partial charge in [0.15, 0.2) is 5.69 Å². The molecule has 0 aliphatic heterocycles. The van der Waals surface area contributed by atoms with E-state index < -0.39 is 17.8 Å². The third kappa shape index (κ3) is 4.05. The van der Waals surface area contributed by atoms with Crippen LogP contribution in [0.1, 0.15) is 42.8 Å². The van der Waals surface area contributed by atoms with Gasteiger partial charge in [0.1, 0.15) is 6.54 Å². The van der Waals surface area contributed by atoms with Gasteiger partial charge in [-0.05, 0) is 41.8 Å². The van der Waals surface area contributed by atoms with Gasteiger partial charge < -0.3 is 5.32 Å². The van der Waals surface area contributed by atoms with E-state index in [-0.39, 0.29) is 19.0 Å². The Labute approximate surface area is 150 Å². The van der Waals surface area contributed by atoms with E-state index in [9.17, 15) is 18.0 Å². The van der Waals surface area contributed by atoms with Crippen molar-refractivity contribution in [1.82, 2.24) is 24.9 Å². The summed E-state index contributed by atoms with van der Waals surface area (Å²) >= 11 is 3.36. The van der Waals surface area contributed by atoms with Crippen molar-refractivity contribution in [3.05, 3.63) is 33.8 Å². The van der Waals surface area contributed by atoms with Crippen molar-refractivity contribution in [1.29, 1.82) is 0 Å². The highest BCUT2D eigenvalue weighted by molar-refractivity contribution is 9.10. The van der Waals surface area contributed by atoms with Gasteiger partial charge in [0, 0.05) is 18.2 Å². The zero-order valence-electron chi connectivity index (χ0n) is 13.5. The summed E-state index contributed by atoms with van der Waals surface area (Å²) in [7, 11) is 0. The summed E-state index contributed by atoms with van der Waals surface area (Å²) in [6.07, 6.45) is -1.22. The van der Waals surface area contributed by atoms with Crippen LogP contribution in [0.25, 0.3) is 0 Å². The maximum Gasteiger partial charge on any atom is 0.435 e. The summed E-state index contributed by atoms with van der Waals surface area (Å²) in [4.78, 5) is 12.2. The van der Waals surface area contributed by atoms with Gasteiger partial charge in [-0.3, -0.25) is 14.2 Å². The maximum absolute atomic E-state index is 12.9. The molecule has 0 bridgehead atoms. The third-order valence-corrected chi connectivity index (χ3v) is 4.70. The maximum atomic E-state index is 12.9. The van der Waals surface area contributed by atoms with Gasteiger partial charge in [0.2, 0.25) is 5.91 Å². The molecule has 136 valence electrons. The summed E-state index contributed by atoms with van der Waals surface area (Å²) in [6, 6.07) is 1.05. The van der Waals surface area contributed by atoms with Gasteiger partial charge in [-0.1, -0.05) is 0 Å². The molecule has 10 heteroatoms. The Bertz CT molecular complexity index is 779. The lowest BCUT2D eigenvalue weighted by molar-refractivity contribution is -0.141. The predicted molar refractivity (Wildman–Crippen MR) is 86.7 cm³/mol. The van der Waals surface area contributed by atoms with E-state index in [4.69, 9.17) is 0 Å². The number of aryl methyl sites for hydroxylation is 1. The normalized spacial score (nSPS) is 14.8. The van der Waals surface area contributed by atoms with Crippen LogP contribution in [-0.4, -0.2) is 25.5 Å². The average molecular weight is 420 g/mol. The first-order valence-electron chi connectivity index (χ1n) is 7.91. The number of halogens is 4. The molecule has 0 atom stereocenters. The Hall–Kier alpha value is -1.84. The fourth-order valence-electron chi connectivity index (χ4n) is 2.61. The van der Waals surface area contributed by atoms with E-state index in [1.54, 1.807) is 10.9 Å². The molecule has 3 rings (SSSR count). The molecule has 2 heterocycles. The molecule has 25 heavy (non-hydrogen) atoms. The largest absolute Gasteiger partial charge is 0.435 e. The predicted octanol–water partition coefficient (Wildman–Crippen LogP) is 3.07. The number of carbonyl (C=O) groups excluding carboxylic acids is 1. The van der Waals surface area contributed by atoms with Crippen molar-refractivity contribution in [2.24, 2.45) is 0 Å². The molecule has 1 saturated carbocycles. The number of nitrogens with zero attached hydrogens (tertiary/aromatic N) is 4. The van der Waals surface area contributed by atoms with E-state index in [0.29, 0.717) is 12.2 Å². The van der Waals surface area contributed by atoms with Gasteiger partial charge in [0.25, 0.3) is 0 Å². The molecule has 0 aromatic carbocycles. The lowest BCUT2D eigenvalue weighted by Gasteiger charge is -2.10. The number of rotatable bonds is 6. The zero-order valence-corrected chi connectivity index (χ0v) is 15.1. The van der Waals surface area contributed by atoms with Crippen LogP contribution in [0, 0.1) is 0 Å². The molecule has 1 aliphatic rings. The number of carbonyl (C=O) groups is 1. The van der Waals surface area contributed by atoms with Crippen molar-refractivity contribution in [2.45, 2.75) is 51.5 Å². The van der Waals surface area contributed by atoms with E-state index in [2.05, 4.69) is 31.4 Å². The second kappa shape index (κ2) is 6.81. The highest BCUT2D eigenvalue weighted by Crippen LogP contribution is 2.42. The Morgan fingerprint density at radius 1 is 1.40 bits per heavy atom. The second-order valence-corrected chi connectivity index (χ2v) is 6.77. The number of alkyl halides is 3. The molecule has 6 nitrogen and oxygen atoms in total. The van der Waals surface area contributed by atoms with Crippen LogP contribution in [-0.2, 0) is 30.6 Å². The quantitative estimate of drug-likeness (QED) is 0.782. The van der Waals surface area contributed by atoms with E-state index in [1.165, 1.54) is 4.68 Å². The minimum absolute atomic E-state index is 0.0621. The molecule has 2 aromatic heterocycles. The van der Waals surface area contributed by atoms with Crippen LogP contribution >= 0.6 is 15.9 Å². The smallest absolute Gasteiger partial charge is 0.349 e. The fraction of sp³-hybridized carbons (Fsp3) is 0.533. The first-order valence-corrected chi connectivity index (χ1v) is 8.70. The Kier molecular flexibility index (Phi) is 4.90. The van der Waals surface area contributed by atoms with Gasteiger partial charge in [-0.25, -0.2) is 0 Å². The summed E-state index contributed by atoms with van der Waals surface area (Å²) in [5, 5.41) is 10.4. The van der Waals surface area contributed by atoms with Gasteiger partial charge in [-0.15, -0.1) is 0 Å². The van der Waals surface area contributed by atoms with E-state index >= 15 is 0 Å².